The molecule has 0 aliphatic heterocycles. The second-order valence-electron chi connectivity index (χ2n) is 9.36. The Morgan fingerprint density at radius 2 is 1.42 bits per heavy atom. The molecule has 0 radical (unpaired) electrons. The van der Waals surface area contributed by atoms with Crippen LogP contribution in [0.2, 0.25) is 0 Å². The van der Waals surface area contributed by atoms with Crippen molar-refractivity contribution in [1.29, 1.82) is 0 Å². The number of hydrogen-bond donors (Lipinski definition) is 0. The Balaban J connectivity index is 1.68. The molecule has 3 heteroatoms. The zero-order valence-corrected chi connectivity index (χ0v) is 20.4. The molecule has 0 aromatic heterocycles. The van der Waals surface area contributed by atoms with Gasteiger partial charge in [-0.1, -0.05) is 74.5 Å². The van der Waals surface area contributed by atoms with Crippen molar-refractivity contribution in [3.8, 4) is 16.9 Å². The Bertz CT molecular complexity index is 1020. The summed E-state index contributed by atoms with van der Waals surface area (Å²) < 4.78 is 16.6. The molecule has 0 bridgehead atoms. The second kappa shape index (κ2) is 10.5. The first-order valence-corrected chi connectivity index (χ1v) is 12.1. The van der Waals surface area contributed by atoms with Crippen molar-refractivity contribution in [2.45, 2.75) is 39.0 Å². The minimum absolute atomic E-state index is 0.135. The lowest BCUT2D eigenvalue weighted by atomic mass is 9.68. The number of hydrogen-bond acceptors (Lipinski definition) is 3. The first-order valence-electron chi connectivity index (χ1n) is 12.1. The number of aryl methyl sites for hydroxylation is 1. The average molecular weight is 445 g/mol. The molecule has 1 aliphatic carbocycles. The zero-order chi connectivity index (χ0) is 23.3. The van der Waals surface area contributed by atoms with Gasteiger partial charge in [-0.05, 0) is 65.1 Å². The van der Waals surface area contributed by atoms with Crippen LogP contribution in [0.3, 0.4) is 0 Å². The Morgan fingerprint density at radius 3 is 2.03 bits per heavy atom. The van der Waals surface area contributed by atoms with E-state index in [4.69, 9.17) is 14.2 Å². The van der Waals surface area contributed by atoms with Crippen molar-refractivity contribution in [2.75, 3.05) is 33.5 Å². The highest BCUT2D eigenvalue weighted by atomic mass is 16.5. The molecule has 3 nitrogen and oxygen atoms in total. The fourth-order valence-electron chi connectivity index (χ4n) is 5.09. The summed E-state index contributed by atoms with van der Waals surface area (Å²) in [6.07, 6.45) is 2.25. The molecule has 1 aliphatic rings. The van der Waals surface area contributed by atoms with E-state index in [2.05, 4.69) is 87.5 Å². The Hall–Kier alpha value is -2.62. The third kappa shape index (κ3) is 4.71. The molecule has 0 atom stereocenters. The first kappa shape index (κ1) is 23.5. The van der Waals surface area contributed by atoms with Crippen LogP contribution in [-0.2, 0) is 14.9 Å². The molecule has 4 rings (SSSR count). The third-order valence-electron chi connectivity index (χ3n) is 6.75. The monoisotopic (exact) mass is 444 g/mol. The lowest BCUT2D eigenvalue weighted by molar-refractivity contribution is 0.0543. The predicted molar refractivity (Wildman–Crippen MR) is 135 cm³/mol. The molecule has 33 heavy (non-hydrogen) atoms. The SMILES string of the molecule is COCCOCCOc1ccc(C2(CCC(C)C)c3ccccc3-c3ccccc32)cc1C. The first-order chi connectivity index (χ1) is 16.1. The molecule has 174 valence electrons. The lowest BCUT2D eigenvalue weighted by Gasteiger charge is -2.34. The standard InChI is InChI=1S/C30H36O3/c1-22(2)15-16-30(27-11-7-5-9-25(27)26-10-6-8-12-28(26)30)24-13-14-29(23(3)21-24)33-20-19-32-18-17-31-4/h5-14,21-22H,15-20H2,1-4H3. The van der Waals surface area contributed by atoms with E-state index in [9.17, 15) is 0 Å². The van der Waals surface area contributed by atoms with Crippen molar-refractivity contribution in [3.05, 3.63) is 89.0 Å². The van der Waals surface area contributed by atoms with Crippen LogP contribution in [0.25, 0.3) is 11.1 Å². The molecule has 0 heterocycles. The van der Waals surface area contributed by atoms with Gasteiger partial charge in [0.1, 0.15) is 12.4 Å². The summed E-state index contributed by atoms with van der Waals surface area (Å²) in [5.41, 5.74) is 7.95. The summed E-state index contributed by atoms with van der Waals surface area (Å²) in [5, 5.41) is 0. The van der Waals surface area contributed by atoms with Crippen LogP contribution in [0.5, 0.6) is 5.75 Å². The molecular formula is C30H36O3. The smallest absolute Gasteiger partial charge is 0.122 e. The predicted octanol–water partition coefficient (Wildman–Crippen LogP) is 6.79. The fraction of sp³-hybridized carbons (Fsp3) is 0.400. The van der Waals surface area contributed by atoms with E-state index in [1.54, 1.807) is 7.11 Å². The van der Waals surface area contributed by atoms with Crippen LogP contribution < -0.4 is 4.74 Å². The zero-order valence-electron chi connectivity index (χ0n) is 20.4. The van der Waals surface area contributed by atoms with Gasteiger partial charge < -0.3 is 14.2 Å². The molecule has 0 amide bonds. The Labute approximate surface area is 198 Å². The molecule has 0 spiro atoms. The van der Waals surface area contributed by atoms with Gasteiger partial charge in [0.15, 0.2) is 0 Å². The van der Waals surface area contributed by atoms with Crippen molar-refractivity contribution in [1.82, 2.24) is 0 Å². The Morgan fingerprint density at radius 1 is 0.788 bits per heavy atom. The van der Waals surface area contributed by atoms with E-state index < -0.39 is 0 Å². The van der Waals surface area contributed by atoms with Gasteiger partial charge in [0.2, 0.25) is 0 Å². The normalized spacial score (nSPS) is 13.7. The van der Waals surface area contributed by atoms with Crippen LogP contribution in [0.4, 0.5) is 0 Å². The second-order valence-corrected chi connectivity index (χ2v) is 9.36. The number of benzene rings is 3. The van der Waals surface area contributed by atoms with Crippen LogP contribution >= 0.6 is 0 Å². The largest absolute Gasteiger partial charge is 0.491 e. The number of fused-ring (bicyclic) bond motifs is 3. The number of rotatable bonds is 11. The average Bonchev–Trinajstić information content (AvgIpc) is 3.12. The van der Waals surface area contributed by atoms with E-state index in [1.165, 1.54) is 34.2 Å². The van der Waals surface area contributed by atoms with E-state index in [-0.39, 0.29) is 5.41 Å². The maximum Gasteiger partial charge on any atom is 0.122 e. The number of ether oxygens (including phenoxy) is 3. The third-order valence-corrected chi connectivity index (χ3v) is 6.75. The van der Waals surface area contributed by atoms with Gasteiger partial charge in [-0.2, -0.15) is 0 Å². The van der Waals surface area contributed by atoms with Gasteiger partial charge in [0.25, 0.3) is 0 Å². The fourth-order valence-corrected chi connectivity index (χ4v) is 5.09. The highest BCUT2D eigenvalue weighted by Crippen LogP contribution is 2.55. The molecule has 3 aromatic carbocycles. The minimum atomic E-state index is -0.135. The van der Waals surface area contributed by atoms with E-state index in [1.807, 2.05) is 0 Å². The molecule has 0 N–H and O–H groups in total. The van der Waals surface area contributed by atoms with E-state index >= 15 is 0 Å². The van der Waals surface area contributed by atoms with Gasteiger partial charge in [0, 0.05) is 12.5 Å². The summed E-state index contributed by atoms with van der Waals surface area (Å²) >= 11 is 0. The summed E-state index contributed by atoms with van der Waals surface area (Å²) in [4.78, 5) is 0. The van der Waals surface area contributed by atoms with Gasteiger partial charge >= 0.3 is 0 Å². The van der Waals surface area contributed by atoms with E-state index in [0.717, 1.165) is 17.7 Å². The molecular weight excluding hydrogens is 408 g/mol. The highest BCUT2D eigenvalue weighted by Gasteiger charge is 2.44. The summed E-state index contributed by atoms with van der Waals surface area (Å²) in [6, 6.07) is 24.6. The maximum atomic E-state index is 6.04. The lowest BCUT2D eigenvalue weighted by Crippen LogP contribution is -2.27. The summed E-state index contributed by atoms with van der Waals surface area (Å²) in [5.74, 6) is 1.57. The molecule has 0 saturated heterocycles. The van der Waals surface area contributed by atoms with Crippen LogP contribution in [0, 0.1) is 12.8 Å². The molecule has 3 aromatic rings. The Kier molecular flexibility index (Phi) is 7.52. The highest BCUT2D eigenvalue weighted by molar-refractivity contribution is 5.83. The van der Waals surface area contributed by atoms with Crippen molar-refractivity contribution >= 4 is 0 Å². The van der Waals surface area contributed by atoms with Crippen LogP contribution in [-0.4, -0.2) is 33.5 Å². The maximum absolute atomic E-state index is 6.04. The van der Waals surface area contributed by atoms with Crippen molar-refractivity contribution < 1.29 is 14.2 Å². The quantitative estimate of drug-likeness (QED) is 0.305. The van der Waals surface area contributed by atoms with E-state index in [0.29, 0.717) is 32.3 Å². The van der Waals surface area contributed by atoms with Crippen molar-refractivity contribution in [2.24, 2.45) is 5.92 Å². The minimum Gasteiger partial charge on any atom is -0.491 e. The number of methoxy groups -OCH3 is 1. The van der Waals surface area contributed by atoms with Gasteiger partial charge in [-0.3, -0.25) is 0 Å². The summed E-state index contributed by atoms with van der Waals surface area (Å²) in [6.45, 7) is 9.07. The molecule has 0 fully saturated rings. The van der Waals surface area contributed by atoms with Gasteiger partial charge in [-0.25, -0.2) is 0 Å². The van der Waals surface area contributed by atoms with Gasteiger partial charge in [0.05, 0.1) is 19.8 Å². The van der Waals surface area contributed by atoms with Crippen molar-refractivity contribution in [3.63, 3.8) is 0 Å². The van der Waals surface area contributed by atoms with Crippen LogP contribution in [0.1, 0.15) is 48.9 Å². The molecule has 0 unspecified atom stereocenters. The summed E-state index contributed by atoms with van der Waals surface area (Å²) in [7, 11) is 1.68. The van der Waals surface area contributed by atoms with Crippen LogP contribution in [0.15, 0.2) is 66.7 Å². The topological polar surface area (TPSA) is 27.7 Å². The molecule has 0 saturated carbocycles. The van der Waals surface area contributed by atoms with Gasteiger partial charge in [-0.15, -0.1) is 0 Å².